The Hall–Kier alpha value is -4.27. The fourth-order valence-corrected chi connectivity index (χ4v) is 6.62. The lowest BCUT2D eigenvalue weighted by Gasteiger charge is -2.46. The van der Waals surface area contributed by atoms with Gasteiger partial charge in [0.15, 0.2) is 5.79 Å². The molecule has 2 unspecified atom stereocenters. The van der Waals surface area contributed by atoms with Gasteiger partial charge in [-0.1, -0.05) is 76.2 Å². The van der Waals surface area contributed by atoms with Crippen molar-refractivity contribution in [3.05, 3.63) is 102 Å². The number of ether oxygens (including phenoxy) is 3. The molecule has 0 bridgehead atoms. The molecule has 3 aromatic carbocycles. The highest BCUT2D eigenvalue weighted by molar-refractivity contribution is 6.12. The van der Waals surface area contributed by atoms with Crippen molar-refractivity contribution in [2.75, 3.05) is 11.9 Å². The van der Waals surface area contributed by atoms with Crippen LogP contribution in [0.15, 0.2) is 84.9 Å². The van der Waals surface area contributed by atoms with Crippen molar-refractivity contribution < 1.29 is 28.2 Å². The maximum Gasteiger partial charge on any atom is 0.302 e. The Bertz CT molecular complexity index is 1710. The van der Waals surface area contributed by atoms with E-state index in [1.807, 2.05) is 88.4 Å². The molecule has 0 spiro atoms. The molecule has 1 N–H and O–H groups in total. The average molecular weight is 655 g/mol. The topological polar surface area (TPSA) is 78.8 Å². The van der Waals surface area contributed by atoms with E-state index in [9.17, 15) is 14.0 Å². The van der Waals surface area contributed by atoms with Gasteiger partial charge >= 0.3 is 5.97 Å². The number of esters is 1. The highest BCUT2D eigenvalue weighted by Gasteiger charge is 2.43. The standard InChI is InChI=1S/C40H47FN2O5/c1-26(2)36-35(38(45)42-31-16-12-9-13-17-31)34(28-14-10-8-11-15-28)37(29-18-20-30(41)21-19-29)43(36)23-22-32-24-33(48-40(6,7)47-32)39(4,5)25-46-27(3)44/h8-21,26,32-33H,22-25H2,1-7H3,(H,42,45). The molecule has 7 nitrogen and oxygen atoms in total. The van der Waals surface area contributed by atoms with E-state index in [1.165, 1.54) is 19.1 Å². The molecule has 2 heterocycles. The second kappa shape index (κ2) is 14.5. The first kappa shape index (κ1) is 35.0. The number of benzene rings is 3. The number of carbonyl (C=O) groups excluding carboxylic acids is 2. The molecule has 1 fully saturated rings. The minimum absolute atomic E-state index is 0.0272. The Morgan fingerprint density at radius 1 is 0.958 bits per heavy atom. The Morgan fingerprint density at radius 3 is 2.19 bits per heavy atom. The Morgan fingerprint density at radius 2 is 1.58 bits per heavy atom. The Balaban J connectivity index is 1.62. The molecule has 8 heteroatoms. The summed E-state index contributed by atoms with van der Waals surface area (Å²) in [5.41, 5.74) is 5.09. The minimum atomic E-state index is -0.853. The molecule has 1 aliphatic heterocycles. The predicted molar refractivity (Wildman–Crippen MR) is 187 cm³/mol. The summed E-state index contributed by atoms with van der Waals surface area (Å²) in [6, 6.07) is 25.8. The SMILES string of the molecule is CC(=O)OCC(C)(C)C1CC(CCn2c(-c3ccc(F)cc3)c(-c3ccccc3)c(C(=O)Nc3ccccc3)c2C(C)C)OC(C)(C)O1. The lowest BCUT2D eigenvalue weighted by Crippen LogP contribution is -2.51. The van der Waals surface area contributed by atoms with Gasteiger partial charge in [0, 0.05) is 42.2 Å². The third-order valence-corrected chi connectivity index (χ3v) is 8.84. The van der Waals surface area contributed by atoms with Crippen molar-refractivity contribution in [3.8, 4) is 22.4 Å². The van der Waals surface area contributed by atoms with E-state index in [0.717, 1.165) is 28.1 Å². The molecule has 1 aromatic heterocycles. The van der Waals surface area contributed by atoms with Crippen LogP contribution < -0.4 is 5.32 Å². The van der Waals surface area contributed by atoms with Crippen LogP contribution in [-0.2, 0) is 25.5 Å². The number of amides is 1. The molecule has 4 aromatic rings. The van der Waals surface area contributed by atoms with E-state index in [0.29, 0.717) is 30.6 Å². The molecular formula is C40H47FN2O5. The van der Waals surface area contributed by atoms with Crippen molar-refractivity contribution in [2.45, 2.75) is 91.8 Å². The Labute approximate surface area is 283 Å². The van der Waals surface area contributed by atoms with Crippen LogP contribution in [-0.4, -0.2) is 41.0 Å². The molecular weight excluding hydrogens is 607 g/mol. The average Bonchev–Trinajstić information content (AvgIpc) is 3.39. The maximum absolute atomic E-state index is 14.4. The quantitative estimate of drug-likeness (QED) is 0.163. The van der Waals surface area contributed by atoms with Crippen LogP contribution in [0.2, 0.25) is 0 Å². The van der Waals surface area contributed by atoms with Crippen molar-refractivity contribution >= 4 is 17.6 Å². The number of carbonyl (C=O) groups is 2. The van der Waals surface area contributed by atoms with Gasteiger partial charge in [-0.25, -0.2) is 4.39 Å². The zero-order valence-corrected chi connectivity index (χ0v) is 29.0. The van der Waals surface area contributed by atoms with Crippen LogP contribution in [0.5, 0.6) is 0 Å². The fourth-order valence-electron chi connectivity index (χ4n) is 6.62. The summed E-state index contributed by atoms with van der Waals surface area (Å²) in [6.45, 7) is 14.3. The molecule has 5 rings (SSSR count). The normalized spacial score (nSPS) is 17.7. The van der Waals surface area contributed by atoms with Crippen LogP contribution in [0.1, 0.15) is 83.3 Å². The molecule has 0 saturated carbocycles. The maximum atomic E-state index is 14.4. The molecule has 1 aliphatic rings. The van der Waals surface area contributed by atoms with Crippen molar-refractivity contribution in [1.29, 1.82) is 0 Å². The van der Waals surface area contributed by atoms with Crippen molar-refractivity contribution in [3.63, 3.8) is 0 Å². The van der Waals surface area contributed by atoms with E-state index < -0.39 is 11.2 Å². The highest BCUT2D eigenvalue weighted by Crippen LogP contribution is 2.44. The fraction of sp³-hybridized carbons (Fsp3) is 0.400. The first-order chi connectivity index (χ1) is 22.8. The molecule has 1 amide bonds. The summed E-state index contributed by atoms with van der Waals surface area (Å²) in [5.74, 6) is -1.74. The largest absolute Gasteiger partial charge is 0.465 e. The number of halogens is 1. The second-order valence-corrected chi connectivity index (χ2v) is 14.0. The van der Waals surface area contributed by atoms with E-state index in [1.54, 1.807) is 12.1 Å². The number of hydrogen-bond acceptors (Lipinski definition) is 5. The van der Waals surface area contributed by atoms with Gasteiger partial charge in [0.2, 0.25) is 0 Å². The van der Waals surface area contributed by atoms with E-state index in [2.05, 4.69) is 23.7 Å². The predicted octanol–water partition coefficient (Wildman–Crippen LogP) is 9.23. The molecule has 2 atom stereocenters. The smallest absolute Gasteiger partial charge is 0.302 e. The summed E-state index contributed by atoms with van der Waals surface area (Å²) in [7, 11) is 0. The highest BCUT2D eigenvalue weighted by atomic mass is 19.1. The number of anilines is 1. The van der Waals surface area contributed by atoms with Gasteiger partial charge in [0.25, 0.3) is 5.91 Å². The van der Waals surface area contributed by atoms with Crippen LogP contribution in [0.25, 0.3) is 22.4 Å². The summed E-state index contributed by atoms with van der Waals surface area (Å²) < 4.78 is 34.8. The number of para-hydroxylation sites is 1. The van der Waals surface area contributed by atoms with Gasteiger partial charge < -0.3 is 24.1 Å². The summed E-state index contributed by atoms with van der Waals surface area (Å²) in [4.78, 5) is 26.0. The number of rotatable bonds is 11. The minimum Gasteiger partial charge on any atom is -0.465 e. The zero-order valence-electron chi connectivity index (χ0n) is 29.0. The number of nitrogens with zero attached hydrogens (tertiary/aromatic N) is 1. The third-order valence-electron chi connectivity index (χ3n) is 8.84. The molecule has 0 radical (unpaired) electrons. The summed E-state index contributed by atoms with van der Waals surface area (Å²) in [6.07, 6.45) is 0.835. The second-order valence-electron chi connectivity index (χ2n) is 14.0. The number of nitrogens with one attached hydrogen (secondary N) is 1. The van der Waals surface area contributed by atoms with Crippen LogP contribution in [0.3, 0.4) is 0 Å². The van der Waals surface area contributed by atoms with Gasteiger partial charge in [-0.05, 0) is 73.7 Å². The lowest BCUT2D eigenvalue weighted by atomic mass is 9.82. The molecule has 48 heavy (non-hydrogen) atoms. The van der Waals surface area contributed by atoms with Crippen LogP contribution in [0.4, 0.5) is 10.1 Å². The van der Waals surface area contributed by atoms with Gasteiger partial charge in [-0.2, -0.15) is 0 Å². The van der Waals surface area contributed by atoms with Crippen LogP contribution in [0, 0.1) is 11.2 Å². The van der Waals surface area contributed by atoms with E-state index >= 15 is 0 Å². The Kier molecular flexibility index (Phi) is 10.6. The van der Waals surface area contributed by atoms with Gasteiger partial charge in [0.05, 0.1) is 30.1 Å². The molecule has 1 saturated heterocycles. The number of aromatic nitrogens is 1. The monoisotopic (exact) mass is 654 g/mol. The lowest BCUT2D eigenvalue weighted by molar-refractivity contribution is -0.319. The third kappa shape index (κ3) is 8.05. The van der Waals surface area contributed by atoms with Gasteiger partial charge in [0.1, 0.15) is 5.82 Å². The first-order valence-corrected chi connectivity index (χ1v) is 16.7. The van der Waals surface area contributed by atoms with Gasteiger partial charge in [-0.15, -0.1) is 0 Å². The van der Waals surface area contributed by atoms with Gasteiger partial charge in [-0.3, -0.25) is 9.59 Å². The van der Waals surface area contributed by atoms with E-state index in [4.69, 9.17) is 14.2 Å². The van der Waals surface area contributed by atoms with Crippen molar-refractivity contribution in [2.24, 2.45) is 5.41 Å². The van der Waals surface area contributed by atoms with E-state index in [-0.39, 0.29) is 42.4 Å². The summed E-state index contributed by atoms with van der Waals surface area (Å²) >= 11 is 0. The zero-order chi connectivity index (χ0) is 34.6. The van der Waals surface area contributed by atoms with Crippen molar-refractivity contribution in [1.82, 2.24) is 4.57 Å². The first-order valence-electron chi connectivity index (χ1n) is 16.7. The van der Waals surface area contributed by atoms with Crippen LogP contribution >= 0.6 is 0 Å². The molecule has 254 valence electrons. The molecule has 0 aliphatic carbocycles. The number of hydrogen-bond donors (Lipinski definition) is 1. The summed E-state index contributed by atoms with van der Waals surface area (Å²) in [5, 5.41) is 3.13.